The number of aryl methyl sites for hydroxylation is 1. The SMILES string of the molecule is CCC(C)C(C(=O)c1ccc(N)c(C)c1)c1ccccc1. The summed E-state index contributed by atoms with van der Waals surface area (Å²) in [6.07, 6.45) is 0.971. The molecule has 0 saturated heterocycles. The molecule has 0 aliphatic rings. The Kier molecular flexibility index (Phi) is 4.79. The first-order valence-electron chi connectivity index (χ1n) is 7.49. The van der Waals surface area contributed by atoms with Gasteiger partial charge in [-0.3, -0.25) is 4.79 Å². The van der Waals surface area contributed by atoms with Crippen molar-refractivity contribution in [1.29, 1.82) is 0 Å². The van der Waals surface area contributed by atoms with E-state index in [0.717, 1.165) is 28.8 Å². The first-order chi connectivity index (χ1) is 10.0. The molecule has 2 atom stereocenters. The van der Waals surface area contributed by atoms with Gasteiger partial charge in [0.05, 0.1) is 0 Å². The molecule has 2 heteroatoms. The quantitative estimate of drug-likeness (QED) is 0.643. The Balaban J connectivity index is 2.41. The summed E-state index contributed by atoms with van der Waals surface area (Å²) in [5.41, 5.74) is 9.37. The minimum absolute atomic E-state index is 0.0979. The lowest BCUT2D eigenvalue weighted by Crippen LogP contribution is -2.20. The molecule has 0 aliphatic heterocycles. The smallest absolute Gasteiger partial charge is 0.170 e. The first kappa shape index (κ1) is 15.3. The van der Waals surface area contributed by atoms with E-state index in [1.807, 2.05) is 55.5 Å². The lowest BCUT2D eigenvalue weighted by molar-refractivity contribution is 0.0932. The van der Waals surface area contributed by atoms with E-state index in [4.69, 9.17) is 5.73 Å². The number of ketones is 1. The molecule has 2 unspecified atom stereocenters. The monoisotopic (exact) mass is 281 g/mol. The zero-order chi connectivity index (χ0) is 15.4. The number of nitrogen functional groups attached to an aromatic ring is 1. The van der Waals surface area contributed by atoms with Crippen LogP contribution in [0.5, 0.6) is 0 Å². The van der Waals surface area contributed by atoms with Crippen molar-refractivity contribution in [1.82, 2.24) is 0 Å². The lowest BCUT2D eigenvalue weighted by atomic mass is 9.80. The maximum Gasteiger partial charge on any atom is 0.170 e. The van der Waals surface area contributed by atoms with Crippen LogP contribution in [0.3, 0.4) is 0 Å². The molecule has 0 radical (unpaired) electrons. The van der Waals surface area contributed by atoms with Crippen LogP contribution in [0.2, 0.25) is 0 Å². The fourth-order valence-corrected chi connectivity index (χ4v) is 2.64. The summed E-state index contributed by atoms with van der Waals surface area (Å²) in [6.45, 7) is 6.20. The molecule has 0 aliphatic carbocycles. The highest BCUT2D eigenvalue weighted by Gasteiger charge is 2.26. The third kappa shape index (κ3) is 3.33. The van der Waals surface area contributed by atoms with Gasteiger partial charge in [0.15, 0.2) is 5.78 Å². The highest BCUT2D eigenvalue weighted by Crippen LogP contribution is 2.31. The second kappa shape index (κ2) is 6.57. The second-order valence-electron chi connectivity index (χ2n) is 5.71. The van der Waals surface area contributed by atoms with Gasteiger partial charge in [-0.15, -0.1) is 0 Å². The average Bonchev–Trinajstić information content (AvgIpc) is 2.51. The third-order valence-electron chi connectivity index (χ3n) is 4.21. The van der Waals surface area contributed by atoms with Crippen molar-refractivity contribution in [2.24, 2.45) is 5.92 Å². The minimum atomic E-state index is -0.0979. The van der Waals surface area contributed by atoms with E-state index in [2.05, 4.69) is 13.8 Å². The molecule has 110 valence electrons. The van der Waals surface area contributed by atoms with Crippen molar-refractivity contribution < 1.29 is 4.79 Å². The Labute approximate surface area is 127 Å². The third-order valence-corrected chi connectivity index (χ3v) is 4.21. The largest absolute Gasteiger partial charge is 0.399 e. The van der Waals surface area contributed by atoms with Gasteiger partial charge in [-0.05, 0) is 42.2 Å². The minimum Gasteiger partial charge on any atom is -0.399 e. The summed E-state index contributed by atoms with van der Waals surface area (Å²) in [6, 6.07) is 15.6. The topological polar surface area (TPSA) is 43.1 Å². The highest BCUT2D eigenvalue weighted by atomic mass is 16.1. The predicted molar refractivity (Wildman–Crippen MR) is 88.6 cm³/mol. The fraction of sp³-hybridized carbons (Fsp3) is 0.316. The molecule has 0 saturated carbocycles. The zero-order valence-electron chi connectivity index (χ0n) is 13.0. The van der Waals surface area contributed by atoms with Crippen molar-refractivity contribution >= 4 is 11.5 Å². The summed E-state index contributed by atoms with van der Waals surface area (Å²) in [4.78, 5) is 13.0. The average molecular weight is 281 g/mol. The van der Waals surface area contributed by atoms with Crippen LogP contribution in [0.15, 0.2) is 48.5 Å². The maximum absolute atomic E-state index is 13.0. The summed E-state index contributed by atoms with van der Waals surface area (Å²) < 4.78 is 0. The Morgan fingerprint density at radius 3 is 2.38 bits per heavy atom. The molecule has 2 aromatic carbocycles. The molecule has 2 N–H and O–H groups in total. The van der Waals surface area contributed by atoms with Gasteiger partial charge in [-0.1, -0.05) is 50.6 Å². The van der Waals surface area contributed by atoms with Gasteiger partial charge in [-0.25, -0.2) is 0 Å². The Morgan fingerprint density at radius 2 is 1.81 bits per heavy atom. The summed E-state index contributed by atoms with van der Waals surface area (Å²) in [5, 5.41) is 0. The zero-order valence-corrected chi connectivity index (χ0v) is 13.0. The highest BCUT2D eigenvalue weighted by molar-refractivity contribution is 6.01. The molecule has 0 bridgehead atoms. The number of carbonyl (C=O) groups excluding carboxylic acids is 1. The van der Waals surface area contributed by atoms with E-state index in [1.54, 1.807) is 0 Å². The summed E-state index contributed by atoms with van der Waals surface area (Å²) in [7, 11) is 0. The molecule has 0 amide bonds. The van der Waals surface area contributed by atoms with Crippen molar-refractivity contribution in [3.8, 4) is 0 Å². The number of rotatable bonds is 5. The van der Waals surface area contributed by atoms with Crippen LogP contribution in [0.1, 0.15) is 47.7 Å². The van der Waals surface area contributed by atoms with E-state index in [9.17, 15) is 4.79 Å². The number of carbonyl (C=O) groups is 1. The van der Waals surface area contributed by atoms with Crippen LogP contribution in [0.4, 0.5) is 5.69 Å². The number of Topliss-reactive ketones (excluding diaryl/α,β-unsaturated/α-hetero) is 1. The van der Waals surface area contributed by atoms with Crippen LogP contribution in [-0.2, 0) is 0 Å². The van der Waals surface area contributed by atoms with Crippen LogP contribution >= 0.6 is 0 Å². The number of nitrogens with two attached hydrogens (primary N) is 1. The predicted octanol–water partition coefficient (Wildman–Crippen LogP) is 4.59. The van der Waals surface area contributed by atoms with E-state index in [1.165, 1.54) is 0 Å². The van der Waals surface area contributed by atoms with Gasteiger partial charge in [0.2, 0.25) is 0 Å². The molecule has 0 spiro atoms. The normalized spacial score (nSPS) is 13.7. The van der Waals surface area contributed by atoms with Crippen molar-refractivity contribution in [3.63, 3.8) is 0 Å². The molecule has 0 aromatic heterocycles. The lowest BCUT2D eigenvalue weighted by Gasteiger charge is -2.22. The molecule has 0 fully saturated rings. The van der Waals surface area contributed by atoms with Crippen molar-refractivity contribution in [2.45, 2.75) is 33.1 Å². The Bertz CT molecular complexity index is 619. The molecule has 21 heavy (non-hydrogen) atoms. The number of hydrogen-bond donors (Lipinski definition) is 1. The van der Waals surface area contributed by atoms with E-state index >= 15 is 0 Å². The molecular formula is C19H23NO. The van der Waals surface area contributed by atoms with Crippen molar-refractivity contribution in [2.75, 3.05) is 5.73 Å². The van der Waals surface area contributed by atoms with E-state index < -0.39 is 0 Å². The number of benzene rings is 2. The van der Waals surface area contributed by atoms with Crippen LogP contribution in [0, 0.1) is 12.8 Å². The van der Waals surface area contributed by atoms with Gasteiger partial charge in [0.25, 0.3) is 0 Å². The van der Waals surface area contributed by atoms with Gasteiger partial charge in [0, 0.05) is 17.2 Å². The second-order valence-corrected chi connectivity index (χ2v) is 5.71. The van der Waals surface area contributed by atoms with Crippen LogP contribution in [-0.4, -0.2) is 5.78 Å². The number of anilines is 1. The van der Waals surface area contributed by atoms with Gasteiger partial charge >= 0.3 is 0 Å². The van der Waals surface area contributed by atoms with Gasteiger partial charge < -0.3 is 5.73 Å². The summed E-state index contributed by atoms with van der Waals surface area (Å²) in [5.74, 6) is 0.385. The molecule has 2 nitrogen and oxygen atoms in total. The van der Waals surface area contributed by atoms with E-state index in [0.29, 0.717) is 5.92 Å². The first-order valence-corrected chi connectivity index (χ1v) is 7.49. The molecular weight excluding hydrogens is 258 g/mol. The Morgan fingerprint density at radius 1 is 1.14 bits per heavy atom. The molecule has 2 rings (SSSR count). The Hall–Kier alpha value is -2.09. The van der Waals surface area contributed by atoms with Crippen molar-refractivity contribution in [3.05, 3.63) is 65.2 Å². The van der Waals surface area contributed by atoms with Crippen LogP contribution in [0.25, 0.3) is 0 Å². The van der Waals surface area contributed by atoms with E-state index in [-0.39, 0.29) is 11.7 Å². The van der Waals surface area contributed by atoms with Gasteiger partial charge in [0.1, 0.15) is 0 Å². The number of hydrogen-bond acceptors (Lipinski definition) is 2. The van der Waals surface area contributed by atoms with Gasteiger partial charge in [-0.2, -0.15) is 0 Å². The standard InChI is InChI=1S/C19H23NO/c1-4-13(2)18(15-8-6-5-7-9-15)19(21)16-10-11-17(20)14(3)12-16/h5-13,18H,4,20H2,1-3H3. The maximum atomic E-state index is 13.0. The molecule has 2 aromatic rings. The molecule has 0 heterocycles. The fourth-order valence-electron chi connectivity index (χ4n) is 2.64. The van der Waals surface area contributed by atoms with Crippen LogP contribution < -0.4 is 5.73 Å². The summed E-state index contributed by atoms with van der Waals surface area (Å²) >= 11 is 0.